The molecule has 0 aromatic heterocycles. The Morgan fingerprint density at radius 1 is 1.00 bits per heavy atom. The van der Waals surface area contributed by atoms with Crippen LogP contribution < -0.4 is 5.32 Å². The summed E-state index contributed by atoms with van der Waals surface area (Å²) < 4.78 is 40.4. The number of alkyl halides is 3. The number of hydrogen-bond acceptors (Lipinski definition) is 3. The van der Waals surface area contributed by atoms with Crippen LogP contribution in [0.15, 0.2) is 53.0 Å². The van der Waals surface area contributed by atoms with Gasteiger partial charge in [0.25, 0.3) is 5.91 Å². The minimum absolute atomic E-state index is 0.0413. The predicted octanol–water partition coefficient (Wildman–Crippen LogP) is 5.62. The van der Waals surface area contributed by atoms with E-state index in [-0.39, 0.29) is 45.8 Å². The topological polar surface area (TPSA) is 69.7 Å². The van der Waals surface area contributed by atoms with E-state index >= 15 is 0 Å². The number of nitrogens with one attached hydrogen (secondary N) is 1. The van der Waals surface area contributed by atoms with Crippen molar-refractivity contribution in [2.24, 2.45) is 5.92 Å². The number of carbonyl (C=O) groups excluding carboxylic acids is 3. The van der Waals surface area contributed by atoms with E-state index in [4.69, 9.17) is 0 Å². The van der Waals surface area contributed by atoms with E-state index in [9.17, 15) is 27.6 Å². The molecular weight excluding hydrogens is 575 g/mol. The zero-order valence-corrected chi connectivity index (χ0v) is 23.6. The van der Waals surface area contributed by atoms with Crippen molar-refractivity contribution in [2.45, 2.75) is 63.2 Å². The molecule has 2 fully saturated rings. The van der Waals surface area contributed by atoms with Gasteiger partial charge in [0, 0.05) is 61.0 Å². The average Bonchev–Trinajstić information content (AvgIpc) is 2.91. The second-order valence-electron chi connectivity index (χ2n) is 10.5. The number of benzene rings is 2. The van der Waals surface area contributed by atoms with E-state index in [0.29, 0.717) is 32.4 Å². The first-order chi connectivity index (χ1) is 18.4. The van der Waals surface area contributed by atoms with Crippen molar-refractivity contribution < 1.29 is 27.6 Å². The molecule has 1 heterocycles. The molecule has 0 bridgehead atoms. The van der Waals surface area contributed by atoms with Crippen molar-refractivity contribution in [1.82, 2.24) is 15.1 Å². The van der Waals surface area contributed by atoms with Crippen LogP contribution in [0.1, 0.15) is 66.4 Å². The number of likely N-dealkylation sites (N-methyl/N-ethyl adjacent to an activating group) is 1. The van der Waals surface area contributed by atoms with Gasteiger partial charge in [-0.2, -0.15) is 13.2 Å². The lowest BCUT2D eigenvalue weighted by atomic mass is 9.82. The molecule has 1 aliphatic heterocycles. The molecule has 3 amide bonds. The first kappa shape index (κ1) is 29.1. The van der Waals surface area contributed by atoms with Crippen LogP contribution in [-0.4, -0.2) is 59.7 Å². The Morgan fingerprint density at radius 3 is 2.28 bits per heavy atom. The summed E-state index contributed by atoms with van der Waals surface area (Å²) in [6.07, 6.45) is -1.12. The van der Waals surface area contributed by atoms with Gasteiger partial charge in [-0.1, -0.05) is 46.3 Å². The molecule has 39 heavy (non-hydrogen) atoms. The van der Waals surface area contributed by atoms with Crippen molar-refractivity contribution in [1.29, 1.82) is 0 Å². The van der Waals surface area contributed by atoms with E-state index < -0.39 is 17.6 Å². The number of halogens is 4. The molecule has 1 saturated carbocycles. The summed E-state index contributed by atoms with van der Waals surface area (Å²) in [5.41, 5.74) is 0.0431. The van der Waals surface area contributed by atoms with Crippen LogP contribution in [0, 0.1) is 5.92 Å². The largest absolute Gasteiger partial charge is 0.416 e. The van der Waals surface area contributed by atoms with Gasteiger partial charge in [-0.05, 0) is 55.9 Å². The Hall–Kier alpha value is -2.88. The Bertz CT molecular complexity index is 1200. The van der Waals surface area contributed by atoms with Crippen molar-refractivity contribution >= 4 is 33.7 Å². The molecule has 2 aliphatic rings. The van der Waals surface area contributed by atoms with Gasteiger partial charge >= 0.3 is 6.18 Å². The monoisotopic (exact) mass is 607 g/mol. The Labute approximate surface area is 235 Å². The molecule has 4 rings (SSSR count). The number of carbonyl (C=O) groups is 3. The van der Waals surface area contributed by atoms with Crippen molar-refractivity contribution in [3.63, 3.8) is 0 Å². The molecule has 6 nitrogen and oxygen atoms in total. The second kappa shape index (κ2) is 12.1. The number of nitrogens with zero attached hydrogens (tertiary/aromatic N) is 2. The summed E-state index contributed by atoms with van der Waals surface area (Å²) in [5.74, 6) is -0.767. The van der Waals surface area contributed by atoms with E-state index in [1.54, 1.807) is 7.05 Å². The summed E-state index contributed by atoms with van der Waals surface area (Å²) >= 11 is 3.11. The minimum Gasteiger partial charge on any atom is -0.354 e. The highest BCUT2D eigenvalue weighted by molar-refractivity contribution is 9.10. The van der Waals surface area contributed by atoms with Crippen molar-refractivity contribution in [2.75, 3.05) is 20.1 Å². The molecular formula is C29H33BrF3N3O3. The summed E-state index contributed by atoms with van der Waals surface area (Å²) in [7, 11) is 1.62. The quantitative estimate of drug-likeness (QED) is 0.480. The van der Waals surface area contributed by atoms with Crippen LogP contribution >= 0.6 is 15.9 Å². The fourth-order valence-electron chi connectivity index (χ4n) is 5.89. The average molecular weight is 608 g/mol. The smallest absolute Gasteiger partial charge is 0.354 e. The minimum atomic E-state index is -4.57. The summed E-state index contributed by atoms with van der Waals surface area (Å²) in [6.45, 7) is 2.38. The van der Waals surface area contributed by atoms with Crippen LogP contribution in [-0.2, 0) is 15.8 Å². The molecule has 1 aliphatic carbocycles. The van der Waals surface area contributed by atoms with E-state index in [0.717, 1.165) is 30.5 Å². The number of rotatable bonds is 5. The fourth-order valence-corrected chi connectivity index (χ4v) is 6.39. The van der Waals surface area contributed by atoms with Crippen LogP contribution in [0.5, 0.6) is 0 Å². The Kier molecular flexibility index (Phi) is 9.03. The van der Waals surface area contributed by atoms with Gasteiger partial charge in [0.05, 0.1) is 5.56 Å². The zero-order chi connectivity index (χ0) is 28.3. The van der Waals surface area contributed by atoms with Gasteiger partial charge in [0.1, 0.15) is 0 Å². The Balaban J connectivity index is 1.52. The molecule has 210 valence electrons. The van der Waals surface area contributed by atoms with Gasteiger partial charge < -0.3 is 15.1 Å². The van der Waals surface area contributed by atoms with E-state index in [2.05, 4.69) is 21.2 Å². The molecule has 1 N–H and O–H groups in total. The van der Waals surface area contributed by atoms with Crippen LogP contribution in [0.25, 0.3) is 0 Å². The molecule has 2 aromatic rings. The third-order valence-electron chi connectivity index (χ3n) is 7.89. The molecule has 0 radical (unpaired) electrons. The molecule has 0 unspecified atom stereocenters. The number of likely N-dealkylation sites (tertiary alicyclic amines) is 1. The van der Waals surface area contributed by atoms with Crippen molar-refractivity contribution in [3.8, 4) is 0 Å². The molecule has 1 saturated heterocycles. The Morgan fingerprint density at radius 2 is 1.67 bits per heavy atom. The number of piperidine rings is 1. The summed E-state index contributed by atoms with van der Waals surface area (Å²) in [6, 6.07) is 12.7. The molecule has 10 heteroatoms. The lowest BCUT2D eigenvalue weighted by Crippen LogP contribution is -2.53. The molecule has 0 spiro atoms. The van der Waals surface area contributed by atoms with E-state index in [1.807, 2.05) is 35.2 Å². The maximum Gasteiger partial charge on any atom is 0.416 e. The van der Waals surface area contributed by atoms with Crippen molar-refractivity contribution in [3.05, 3.63) is 69.7 Å². The first-order valence-electron chi connectivity index (χ1n) is 13.2. The van der Waals surface area contributed by atoms with Gasteiger partial charge in [0.2, 0.25) is 11.8 Å². The highest BCUT2D eigenvalue weighted by Crippen LogP contribution is 2.36. The number of hydrogen-bond donors (Lipinski definition) is 1. The van der Waals surface area contributed by atoms with Crippen LogP contribution in [0.2, 0.25) is 0 Å². The van der Waals surface area contributed by atoms with Gasteiger partial charge in [0.15, 0.2) is 0 Å². The summed E-state index contributed by atoms with van der Waals surface area (Å²) in [5, 5.41) is 2.94. The highest BCUT2D eigenvalue weighted by Gasteiger charge is 2.39. The summed E-state index contributed by atoms with van der Waals surface area (Å²) in [4.78, 5) is 41.7. The van der Waals surface area contributed by atoms with E-state index in [1.165, 1.54) is 17.9 Å². The second-order valence-corrected chi connectivity index (χ2v) is 11.5. The van der Waals surface area contributed by atoms with Gasteiger partial charge in [-0.3, -0.25) is 14.4 Å². The standard InChI is InChI=1S/C29H33BrF3N3O3/c1-18(37)34-24-10-8-20(9-11-24)28(39)36-13-12-26(25(17-36)19-6-4-3-5-7-19)35(2)27(38)21-14-22(29(31,32)33)16-23(30)15-21/h3-7,14-16,20,24-26H,8-13,17H2,1-2H3,(H,34,37)/t20-,24-,25-,26+/m0/s1. The van der Waals surface area contributed by atoms with Crippen LogP contribution in [0.4, 0.5) is 13.2 Å². The van der Waals surface area contributed by atoms with Gasteiger partial charge in [-0.15, -0.1) is 0 Å². The zero-order valence-electron chi connectivity index (χ0n) is 22.0. The predicted molar refractivity (Wildman–Crippen MR) is 145 cm³/mol. The third kappa shape index (κ3) is 7.01. The maximum atomic E-state index is 13.5. The van der Waals surface area contributed by atoms with Crippen LogP contribution in [0.3, 0.4) is 0 Å². The highest BCUT2D eigenvalue weighted by atomic mass is 79.9. The molecule has 2 atom stereocenters. The SMILES string of the molecule is CC(=O)N[C@H]1CC[C@H](C(=O)N2CC[C@@H](N(C)C(=O)c3cc(Br)cc(C(F)(F)F)c3)[C@H](c3ccccc3)C2)CC1. The normalized spacial score (nSPS) is 23.7. The number of amides is 3. The third-order valence-corrected chi connectivity index (χ3v) is 8.35. The fraction of sp³-hybridized carbons (Fsp3) is 0.483. The van der Waals surface area contributed by atoms with Gasteiger partial charge in [-0.25, -0.2) is 0 Å². The maximum absolute atomic E-state index is 13.5. The molecule has 2 aromatic carbocycles. The first-order valence-corrected chi connectivity index (χ1v) is 14.0. The lowest BCUT2D eigenvalue weighted by Gasteiger charge is -2.44. The lowest BCUT2D eigenvalue weighted by molar-refractivity contribution is -0.139.